The monoisotopic (exact) mass is 343 g/mol. The van der Waals surface area contributed by atoms with Crippen LogP contribution < -0.4 is 5.56 Å². The third-order valence-corrected chi connectivity index (χ3v) is 4.18. The molecule has 25 heavy (non-hydrogen) atoms. The molecule has 0 fully saturated rings. The average molecular weight is 343 g/mol. The lowest BCUT2D eigenvalue weighted by atomic mass is 10.0. The molecule has 5 nitrogen and oxygen atoms in total. The second kappa shape index (κ2) is 6.43. The van der Waals surface area contributed by atoms with E-state index in [4.69, 9.17) is 0 Å². The fourth-order valence-corrected chi connectivity index (χ4v) is 2.64. The second-order valence-electron chi connectivity index (χ2n) is 5.71. The van der Waals surface area contributed by atoms with E-state index in [1.165, 1.54) is 4.90 Å². The molecule has 0 saturated carbocycles. The van der Waals surface area contributed by atoms with Gasteiger partial charge in [-0.2, -0.15) is 5.10 Å². The first-order valence-corrected chi connectivity index (χ1v) is 7.59. The summed E-state index contributed by atoms with van der Waals surface area (Å²) >= 11 is 0. The van der Waals surface area contributed by atoms with Crippen LogP contribution in [0.4, 0.5) is 8.78 Å². The van der Waals surface area contributed by atoms with Crippen LogP contribution in [-0.2, 0) is 0 Å². The van der Waals surface area contributed by atoms with Gasteiger partial charge in [0.25, 0.3) is 11.5 Å². The summed E-state index contributed by atoms with van der Waals surface area (Å²) in [6, 6.07) is 9.85. The van der Waals surface area contributed by atoms with Crippen LogP contribution in [0.25, 0.3) is 10.8 Å². The molecule has 128 valence electrons. The number of halogens is 2. The van der Waals surface area contributed by atoms with E-state index < -0.39 is 23.2 Å². The van der Waals surface area contributed by atoms with Crippen LogP contribution >= 0.6 is 0 Å². The maximum absolute atomic E-state index is 13.7. The van der Waals surface area contributed by atoms with Crippen molar-refractivity contribution in [2.24, 2.45) is 0 Å². The summed E-state index contributed by atoms with van der Waals surface area (Å²) in [5.74, 6) is -2.45. The first kappa shape index (κ1) is 16.8. The molecule has 1 amide bonds. The highest BCUT2D eigenvalue weighted by Crippen LogP contribution is 2.26. The summed E-state index contributed by atoms with van der Waals surface area (Å²) < 4.78 is 27.1. The van der Waals surface area contributed by atoms with Crippen LogP contribution in [0.3, 0.4) is 0 Å². The van der Waals surface area contributed by atoms with Gasteiger partial charge in [0.2, 0.25) is 0 Å². The average Bonchev–Trinajstić information content (AvgIpc) is 2.62. The topological polar surface area (TPSA) is 66.1 Å². The second-order valence-corrected chi connectivity index (χ2v) is 5.71. The number of fused-ring (bicyclic) bond motifs is 1. The smallest absolute Gasteiger partial charge is 0.272 e. The van der Waals surface area contributed by atoms with Crippen LogP contribution in [0, 0.1) is 11.6 Å². The quantitative estimate of drug-likeness (QED) is 0.795. The lowest BCUT2D eigenvalue weighted by Crippen LogP contribution is -2.31. The number of rotatable bonds is 3. The van der Waals surface area contributed by atoms with Crippen molar-refractivity contribution in [3.05, 3.63) is 75.7 Å². The molecule has 1 heterocycles. The van der Waals surface area contributed by atoms with Crippen LogP contribution in [-0.4, -0.2) is 28.1 Å². The number of carbonyl (C=O) groups is 1. The number of H-pyrrole nitrogens is 1. The van der Waals surface area contributed by atoms with E-state index >= 15 is 0 Å². The van der Waals surface area contributed by atoms with Crippen LogP contribution in [0.15, 0.2) is 47.3 Å². The van der Waals surface area contributed by atoms with E-state index in [-0.39, 0.29) is 22.4 Å². The van der Waals surface area contributed by atoms with Crippen molar-refractivity contribution in [1.29, 1.82) is 0 Å². The zero-order valence-corrected chi connectivity index (χ0v) is 13.6. The minimum atomic E-state index is -1.11. The molecular weight excluding hydrogens is 328 g/mol. The Morgan fingerprint density at radius 2 is 1.72 bits per heavy atom. The minimum Gasteiger partial charge on any atom is -0.333 e. The first-order chi connectivity index (χ1) is 11.9. The largest absolute Gasteiger partial charge is 0.333 e. The molecule has 0 aliphatic rings. The van der Waals surface area contributed by atoms with Crippen molar-refractivity contribution in [3.8, 4) is 0 Å². The summed E-state index contributed by atoms with van der Waals surface area (Å²) in [7, 11) is 1.58. The van der Waals surface area contributed by atoms with Gasteiger partial charge in [-0.15, -0.1) is 0 Å². The summed E-state index contributed by atoms with van der Waals surface area (Å²) in [6.45, 7) is 1.70. The highest BCUT2D eigenvalue weighted by molar-refractivity contribution is 5.94. The molecule has 1 N–H and O–H groups in total. The molecule has 0 radical (unpaired) electrons. The molecule has 0 aliphatic carbocycles. The Morgan fingerprint density at radius 1 is 1.12 bits per heavy atom. The maximum atomic E-state index is 13.7. The lowest BCUT2D eigenvalue weighted by Gasteiger charge is -2.25. The standard InChI is InChI=1S/C18H15F2N3O2/c1-10(23(2)18(25)11-6-4-3-5-7-11)16-12-8-14(19)15(20)9-13(12)17(24)22-21-16/h3-10H,1-2H3,(H,22,24)/t10-/m1/s1. The van der Waals surface area contributed by atoms with Gasteiger partial charge in [-0.3, -0.25) is 9.59 Å². The number of aromatic amines is 1. The molecule has 1 atom stereocenters. The number of benzene rings is 2. The Labute approximate surface area is 141 Å². The fraction of sp³-hybridized carbons (Fsp3) is 0.167. The number of carbonyl (C=O) groups excluding carboxylic acids is 1. The molecular formula is C18H15F2N3O2. The van der Waals surface area contributed by atoms with Gasteiger partial charge in [0.05, 0.1) is 17.1 Å². The SMILES string of the molecule is C[C@H](c1n[nH]c(=O)c2cc(F)c(F)cc12)N(C)C(=O)c1ccccc1. The van der Waals surface area contributed by atoms with E-state index in [0.717, 1.165) is 12.1 Å². The lowest BCUT2D eigenvalue weighted by molar-refractivity contribution is 0.0740. The number of hydrogen-bond donors (Lipinski definition) is 1. The Kier molecular flexibility index (Phi) is 4.31. The van der Waals surface area contributed by atoms with E-state index in [9.17, 15) is 18.4 Å². The summed E-state index contributed by atoms with van der Waals surface area (Å²) in [5, 5.41) is 6.38. The van der Waals surface area contributed by atoms with Gasteiger partial charge < -0.3 is 4.90 Å². The maximum Gasteiger partial charge on any atom is 0.272 e. The molecule has 1 aromatic heterocycles. The van der Waals surface area contributed by atoms with Gasteiger partial charge >= 0.3 is 0 Å². The number of nitrogens with zero attached hydrogens (tertiary/aromatic N) is 2. The fourth-order valence-electron chi connectivity index (χ4n) is 2.64. The van der Waals surface area contributed by atoms with Crippen LogP contribution in [0.5, 0.6) is 0 Å². The first-order valence-electron chi connectivity index (χ1n) is 7.59. The van der Waals surface area contributed by atoms with Gasteiger partial charge in [0, 0.05) is 18.0 Å². The highest BCUT2D eigenvalue weighted by Gasteiger charge is 2.23. The Hall–Kier alpha value is -3.09. The molecule has 2 aromatic carbocycles. The Bertz CT molecular complexity index is 1000. The van der Waals surface area contributed by atoms with Crippen molar-refractivity contribution in [2.45, 2.75) is 13.0 Å². The molecule has 0 bridgehead atoms. The molecule has 0 aliphatic heterocycles. The zero-order valence-electron chi connectivity index (χ0n) is 13.6. The molecule has 3 aromatic rings. The summed E-state index contributed by atoms with van der Waals surface area (Å²) in [5.41, 5.74) is 0.143. The zero-order chi connectivity index (χ0) is 18.1. The van der Waals surface area contributed by atoms with Gasteiger partial charge in [0.1, 0.15) is 0 Å². The highest BCUT2D eigenvalue weighted by atomic mass is 19.2. The molecule has 0 unspecified atom stereocenters. The number of nitrogens with one attached hydrogen (secondary N) is 1. The molecule has 3 rings (SSSR count). The van der Waals surface area contributed by atoms with E-state index in [0.29, 0.717) is 5.56 Å². The molecule has 7 heteroatoms. The Morgan fingerprint density at radius 3 is 2.36 bits per heavy atom. The van der Waals surface area contributed by atoms with Crippen molar-refractivity contribution >= 4 is 16.7 Å². The van der Waals surface area contributed by atoms with Gasteiger partial charge in [-0.1, -0.05) is 18.2 Å². The normalized spacial score (nSPS) is 12.2. The predicted octanol–water partition coefficient (Wildman–Crippen LogP) is 3.03. The minimum absolute atomic E-state index is 0.0173. The van der Waals surface area contributed by atoms with Gasteiger partial charge in [-0.05, 0) is 31.2 Å². The molecule has 0 spiro atoms. The van der Waals surface area contributed by atoms with Crippen molar-refractivity contribution < 1.29 is 13.6 Å². The predicted molar refractivity (Wildman–Crippen MR) is 89.2 cm³/mol. The van der Waals surface area contributed by atoms with Crippen molar-refractivity contribution in [3.63, 3.8) is 0 Å². The van der Waals surface area contributed by atoms with E-state index in [2.05, 4.69) is 10.2 Å². The number of aromatic nitrogens is 2. The van der Waals surface area contributed by atoms with Gasteiger partial charge in [0.15, 0.2) is 11.6 Å². The third-order valence-electron chi connectivity index (χ3n) is 4.18. The Balaban J connectivity index is 2.07. The van der Waals surface area contributed by atoms with Crippen LogP contribution in [0.1, 0.15) is 29.0 Å². The van der Waals surface area contributed by atoms with Crippen molar-refractivity contribution in [2.75, 3.05) is 7.05 Å². The number of hydrogen-bond acceptors (Lipinski definition) is 3. The van der Waals surface area contributed by atoms with Gasteiger partial charge in [-0.25, -0.2) is 13.9 Å². The molecule has 0 saturated heterocycles. The van der Waals surface area contributed by atoms with E-state index in [1.54, 1.807) is 44.3 Å². The van der Waals surface area contributed by atoms with Crippen molar-refractivity contribution in [1.82, 2.24) is 15.1 Å². The summed E-state index contributed by atoms with van der Waals surface area (Å²) in [4.78, 5) is 25.9. The third kappa shape index (κ3) is 3.00. The van der Waals surface area contributed by atoms with Crippen LogP contribution in [0.2, 0.25) is 0 Å². The number of amides is 1. The van der Waals surface area contributed by atoms with E-state index in [1.807, 2.05) is 0 Å². The summed E-state index contributed by atoms with van der Waals surface area (Å²) in [6.07, 6.45) is 0.